The minimum Gasteiger partial charge on any atom is -0.494 e. The zero-order chi connectivity index (χ0) is 10.7. The molecule has 0 fully saturated rings. The summed E-state index contributed by atoms with van der Waals surface area (Å²) in [5.41, 5.74) is 0.864. The van der Waals surface area contributed by atoms with Crippen LogP contribution >= 0.6 is 11.6 Å². The Labute approximate surface area is 86.7 Å². The molecule has 0 N–H and O–H groups in total. The highest BCUT2D eigenvalue weighted by molar-refractivity contribution is 6.48. The van der Waals surface area contributed by atoms with Gasteiger partial charge in [-0.25, -0.2) is 4.39 Å². The molecule has 14 heavy (non-hydrogen) atoms. The molecule has 0 spiro atoms. The van der Waals surface area contributed by atoms with Gasteiger partial charge in [0.2, 0.25) is 0 Å². The van der Waals surface area contributed by atoms with E-state index in [-0.39, 0.29) is 10.8 Å². The van der Waals surface area contributed by atoms with Gasteiger partial charge in [-0.05, 0) is 12.8 Å². The zero-order valence-corrected chi connectivity index (χ0v) is 8.44. The van der Waals surface area contributed by atoms with Crippen LogP contribution in [0.4, 0.5) is 10.1 Å². The Balaban J connectivity index is 3.38. The Bertz CT molecular complexity index is 390. The van der Waals surface area contributed by atoms with Crippen LogP contribution < -0.4 is 4.74 Å². The van der Waals surface area contributed by atoms with Crippen molar-refractivity contribution in [2.45, 2.75) is 0 Å². The summed E-state index contributed by atoms with van der Waals surface area (Å²) < 4.78 is 18.0. The van der Waals surface area contributed by atoms with Gasteiger partial charge in [0.1, 0.15) is 0 Å². The first kappa shape index (κ1) is 10.7. The Morgan fingerprint density at radius 1 is 1.57 bits per heavy atom. The number of halogens is 2. The van der Waals surface area contributed by atoms with Gasteiger partial charge >= 0.3 is 0 Å². The van der Waals surface area contributed by atoms with Crippen LogP contribution in [0.2, 0.25) is 0 Å². The average Bonchev–Trinajstić information content (AvgIpc) is 2.17. The minimum absolute atomic E-state index is 0.106. The van der Waals surface area contributed by atoms with Crippen molar-refractivity contribution in [3.05, 3.63) is 30.1 Å². The highest BCUT2D eigenvalue weighted by Crippen LogP contribution is 2.33. The fourth-order valence-electron chi connectivity index (χ4n) is 1.05. The van der Waals surface area contributed by atoms with Crippen molar-refractivity contribution in [3.63, 3.8) is 0 Å². The topological polar surface area (TPSA) is 21.6 Å². The largest absolute Gasteiger partial charge is 0.494 e. The van der Waals surface area contributed by atoms with Crippen molar-refractivity contribution < 1.29 is 9.13 Å². The molecular weight excluding hydrogens is 205 g/mol. The van der Waals surface area contributed by atoms with E-state index in [1.807, 2.05) is 0 Å². The molecule has 0 heterocycles. The van der Waals surface area contributed by atoms with Gasteiger partial charge in [-0.1, -0.05) is 18.2 Å². The van der Waals surface area contributed by atoms with Crippen LogP contribution in [0.25, 0.3) is 5.03 Å². The molecule has 0 unspecified atom stereocenters. The first-order valence-corrected chi connectivity index (χ1v) is 4.17. The van der Waals surface area contributed by atoms with Gasteiger partial charge < -0.3 is 4.74 Å². The van der Waals surface area contributed by atoms with Crippen LogP contribution in [0.3, 0.4) is 0 Å². The van der Waals surface area contributed by atoms with E-state index in [1.54, 1.807) is 0 Å². The molecule has 1 rings (SSSR count). The summed E-state index contributed by atoms with van der Waals surface area (Å²) in [7, 11) is 1.38. The quantitative estimate of drug-likeness (QED) is 0.706. The third-order valence-electron chi connectivity index (χ3n) is 1.73. The number of aliphatic imine (C=N–C) groups is 1. The molecule has 2 nitrogen and oxygen atoms in total. The van der Waals surface area contributed by atoms with Gasteiger partial charge in [0.25, 0.3) is 0 Å². The molecule has 0 amide bonds. The van der Waals surface area contributed by atoms with E-state index in [0.717, 1.165) is 0 Å². The molecule has 0 atom stereocenters. The molecule has 0 radical (unpaired) electrons. The summed E-state index contributed by atoms with van der Waals surface area (Å²) in [4.78, 5) is 3.70. The lowest BCUT2D eigenvalue weighted by atomic mass is 10.1. The van der Waals surface area contributed by atoms with Crippen molar-refractivity contribution >= 4 is 29.0 Å². The lowest BCUT2D eigenvalue weighted by Gasteiger charge is -2.07. The predicted molar refractivity (Wildman–Crippen MR) is 57.0 cm³/mol. The Kier molecular flexibility index (Phi) is 3.25. The van der Waals surface area contributed by atoms with Crippen molar-refractivity contribution in [2.75, 3.05) is 7.11 Å². The molecule has 1 aromatic rings. The number of benzene rings is 1. The van der Waals surface area contributed by atoms with Crippen LogP contribution in [0.1, 0.15) is 5.56 Å². The van der Waals surface area contributed by atoms with Crippen LogP contribution in [0.5, 0.6) is 5.75 Å². The van der Waals surface area contributed by atoms with E-state index in [1.165, 1.54) is 19.2 Å². The maximum Gasteiger partial charge on any atom is 0.165 e. The number of rotatable bonds is 3. The normalized spacial score (nSPS) is 9.64. The highest BCUT2D eigenvalue weighted by Gasteiger charge is 2.10. The Morgan fingerprint density at radius 2 is 2.21 bits per heavy atom. The van der Waals surface area contributed by atoms with E-state index in [9.17, 15) is 4.39 Å². The van der Waals surface area contributed by atoms with Crippen LogP contribution in [0.15, 0.2) is 23.7 Å². The predicted octanol–water partition coefficient (Wildman–Crippen LogP) is 3.38. The number of methoxy groups -OCH3 is 1. The van der Waals surface area contributed by atoms with E-state index in [2.05, 4.69) is 18.3 Å². The van der Waals surface area contributed by atoms with Gasteiger partial charge in [-0.15, -0.1) is 0 Å². The van der Waals surface area contributed by atoms with Gasteiger partial charge in [0.05, 0.1) is 12.8 Å². The third-order valence-corrected chi connectivity index (χ3v) is 1.94. The number of ether oxygens (including phenoxy) is 1. The maximum atomic E-state index is 13.2. The first-order chi connectivity index (χ1) is 6.60. The second-order valence-corrected chi connectivity index (χ2v) is 3.02. The molecule has 1 aromatic carbocycles. The number of hydrogen-bond acceptors (Lipinski definition) is 2. The van der Waals surface area contributed by atoms with Crippen molar-refractivity contribution in [1.29, 1.82) is 0 Å². The SMILES string of the molecule is C=Nc1cc(OC)c(F)cc1C(=C)Cl. The van der Waals surface area contributed by atoms with Crippen molar-refractivity contribution in [3.8, 4) is 5.75 Å². The smallest absolute Gasteiger partial charge is 0.165 e. The van der Waals surface area contributed by atoms with E-state index in [4.69, 9.17) is 16.3 Å². The summed E-state index contributed by atoms with van der Waals surface area (Å²) in [6.07, 6.45) is 0. The lowest BCUT2D eigenvalue weighted by molar-refractivity contribution is 0.386. The minimum atomic E-state index is -0.503. The fourth-order valence-corrected chi connectivity index (χ4v) is 1.20. The summed E-state index contributed by atoms with van der Waals surface area (Å²) >= 11 is 5.66. The van der Waals surface area contributed by atoms with Crippen molar-refractivity contribution in [2.24, 2.45) is 4.99 Å². The number of nitrogens with zero attached hydrogens (tertiary/aromatic N) is 1. The highest BCUT2D eigenvalue weighted by atomic mass is 35.5. The second kappa shape index (κ2) is 4.24. The maximum absolute atomic E-state index is 13.2. The van der Waals surface area contributed by atoms with Crippen LogP contribution in [-0.4, -0.2) is 13.8 Å². The standard InChI is InChI=1S/C10H9ClFNO/c1-6(11)7-4-8(12)10(14-3)5-9(7)13-2/h4-5H,1-2H2,3H3. The van der Waals surface area contributed by atoms with Gasteiger partial charge in [0.15, 0.2) is 11.6 Å². The molecular formula is C10H9ClFNO. The Morgan fingerprint density at radius 3 is 2.64 bits per heavy atom. The fraction of sp³-hybridized carbons (Fsp3) is 0.100. The molecule has 0 aliphatic carbocycles. The van der Waals surface area contributed by atoms with Crippen LogP contribution in [0, 0.1) is 5.82 Å². The molecule has 0 aliphatic heterocycles. The van der Waals surface area contributed by atoms with E-state index in [0.29, 0.717) is 11.3 Å². The van der Waals surface area contributed by atoms with Crippen molar-refractivity contribution in [1.82, 2.24) is 0 Å². The summed E-state index contributed by atoms with van der Waals surface area (Å²) in [5, 5.41) is 0.217. The number of hydrogen-bond donors (Lipinski definition) is 0. The molecule has 0 aliphatic rings. The lowest BCUT2D eigenvalue weighted by Crippen LogP contribution is -1.90. The summed E-state index contributed by atoms with van der Waals surface area (Å²) in [5.74, 6) is -0.397. The molecule has 0 aromatic heterocycles. The molecule has 0 bridgehead atoms. The molecule has 0 saturated heterocycles. The molecule has 0 saturated carbocycles. The third kappa shape index (κ3) is 1.93. The first-order valence-electron chi connectivity index (χ1n) is 3.79. The second-order valence-electron chi connectivity index (χ2n) is 2.57. The average molecular weight is 214 g/mol. The molecule has 74 valence electrons. The Hall–Kier alpha value is -1.35. The molecule has 4 heteroatoms. The zero-order valence-electron chi connectivity index (χ0n) is 7.68. The van der Waals surface area contributed by atoms with E-state index < -0.39 is 5.82 Å². The summed E-state index contributed by atoms with van der Waals surface area (Å²) in [6.45, 7) is 6.85. The van der Waals surface area contributed by atoms with Gasteiger partial charge in [-0.3, -0.25) is 4.99 Å². The monoisotopic (exact) mass is 213 g/mol. The van der Waals surface area contributed by atoms with E-state index >= 15 is 0 Å². The summed E-state index contributed by atoms with van der Waals surface area (Å²) in [6, 6.07) is 2.64. The van der Waals surface area contributed by atoms with Gasteiger partial charge in [0, 0.05) is 16.7 Å². The van der Waals surface area contributed by atoms with Gasteiger partial charge in [-0.2, -0.15) is 0 Å². The van der Waals surface area contributed by atoms with Crippen LogP contribution in [-0.2, 0) is 0 Å².